The number of aromatic amines is 1. The van der Waals surface area contributed by atoms with Gasteiger partial charge in [0.25, 0.3) is 0 Å². The second-order valence-corrected chi connectivity index (χ2v) is 5.73. The minimum Gasteiger partial charge on any atom is -0.351 e. The standard InChI is InChI=1S/C17H16N6O/c18-17(24)23(13-9-8-11-4-3-5-12(11)10-13)15-7-2-1-6-14(15)16-19-21-22-20-16/h1-2,6-10H,3-5H2,(H2,18,24)(H,19,20,21,22). The molecule has 0 aliphatic heterocycles. The van der Waals surface area contributed by atoms with E-state index in [-0.39, 0.29) is 0 Å². The number of para-hydroxylation sites is 1. The number of carbonyl (C=O) groups excluding carboxylic acids is 1. The highest BCUT2D eigenvalue weighted by molar-refractivity contribution is 6.01. The molecule has 2 aromatic carbocycles. The lowest BCUT2D eigenvalue weighted by Crippen LogP contribution is -2.32. The minimum atomic E-state index is -0.552. The molecule has 3 N–H and O–H groups in total. The van der Waals surface area contributed by atoms with Gasteiger partial charge in [-0.1, -0.05) is 18.2 Å². The summed E-state index contributed by atoms with van der Waals surface area (Å²) >= 11 is 0. The van der Waals surface area contributed by atoms with Crippen LogP contribution < -0.4 is 10.6 Å². The number of aryl methyl sites for hydroxylation is 2. The van der Waals surface area contributed by atoms with Crippen LogP contribution >= 0.6 is 0 Å². The molecule has 0 unspecified atom stereocenters. The Kier molecular flexibility index (Phi) is 3.45. The molecule has 0 fully saturated rings. The summed E-state index contributed by atoms with van der Waals surface area (Å²) < 4.78 is 0. The summed E-state index contributed by atoms with van der Waals surface area (Å²) in [5.74, 6) is 0.415. The third-order valence-electron chi connectivity index (χ3n) is 4.29. The number of rotatable bonds is 3. The van der Waals surface area contributed by atoms with E-state index in [4.69, 9.17) is 5.73 Å². The summed E-state index contributed by atoms with van der Waals surface area (Å²) in [6.45, 7) is 0. The maximum atomic E-state index is 12.2. The highest BCUT2D eigenvalue weighted by Gasteiger charge is 2.22. The van der Waals surface area contributed by atoms with Crippen molar-refractivity contribution in [3.8, 4) is 11.4 Å². The predicted molar refractivity (Wildman–Crippen MR) is 89.8 cm³/mol. The molecule has 1 aliphatic rings. The van der Waals surface area contributed by atoms with E-state index in [1.807, 2.05) is 36.4 Å². The zero-order valence-corrected chi connectivity index (χ0v) is 12.9. The Hall–Kier alpha value is -3.22. The summed E-state index contributed by atoms with van der Waals surface area (Å²) in [7, 11) is 0. The van der Waals surface area contributed by atoms with Gasteiger partial charge in [0.15, 0.2) is 0 Å². The number of primary amides is 1. The lowest BCUT2D eigenvalue weighted by molar-refractivity contribution is 0.256. The molecule has 2 amide bonds. The average Bonchev–Trinajstić information content (AvgIpc) is 3.26. The molecule has 0 bridgehead atoms. The van der Waals surface area contributed by atoms with Gasteiger partial charge >= 0.3 is 6.03 Å². The van der Waals surface area contributed by atoms with Crippen LogP contribution in [0.25, 0.3) is 11.4 Å². The molecule has 120 valence electrons. The molecule has 0 saturated heterocycles. The second kappa shape index (κ2) is 5.77. The number of anilines is 2. The van der Waals surface area contributed by atoms with Crippen molar-refractivity contribution in [1.29, 1.82) is 0 Å². The van der Waals surface area contributed by atoms with E-state index in [0.29, 0.717) is 17.1 Å². The van der Waals surface area contributed by atoms with E-state index in [9.17, 15) is 4.79 Å². The molecule has 7 heteroatoms. The number of amides is 2. The molecule has 1 heterocycles. The van der Waals surface area contributed by atoms with E-state index in [0.717, 1.165) is 24.9 Å². The molecule has 0 spiro atoms. The number of aromatic nitrogens is 4. The molecule has 0 radical (unpaired) electrons. The van der Waals surface area contributed by atoms with Crippen LogP contribution in [0.15, 0.2) is 42.5 Å². The van der Waals surface area contributed by atoms with Crippen molar-refractivity contribution in [2.45, 2.75) is 19.3 Å². The number of H-pyrrole nitrogens is 1. The van der Waals surface area contributed by atoms with Gasteiger partial charge < -0.3 is 5.73 Å². The number of benzene rings is 2. The predicted octanol–water partition coefficient (Wildman–Crippen LogP) is 2.57. The Morgan fingerprint density at radius 2 is 1.96 bits per heavy atom. The number of nitrogens with two attached hydrogens (primary N) is 1. The van der Waals surface area contributed by atoms with Gasteiger partial charge in [0.05, 0.1) is 11.4 Å². The maximum Gasteiger partial charge on any atom is 0.323 e. The third kappa shape index (κ3) is 2.40. The van der Waals surface area contributed by atoms with Crippen molar-refractivity contribution in [2.24, 2.45) is 5.73 Å². The van der Waals surface area contributed by atoms with E-state index in [1.165, 1.54) is 16.0 Å². The lowest BCUT2D eigenvalue weighted by Gasteiger charge is -2.23. The first kappa shape index (κ1) is 14.4. The van der Waals surface area contributed by atoms with Crippen molar-refractivity contribution in [3.05, 3.63) is 53.6 Å². The Labute approximate surface area is 138 Å². The topological polar surface area (TPSA) is 101 Å². The molecule has 0 atom stereocenters. The Balaban J connectivity index is 1.84. The highest BCUT2D eigenvalue weighted by Crippen LogP contribution is 2.35. The molecular formula is C17H16N6O. The second-order valence-electron chi connectivity index (χ2n) is 5.73. The van der Waals surface area contributed by atoms with Crippen LogP contribution in [0.4, 0.5) is 16.2 Å². The van der Waals surface area contributed by atoms with Crippen LogP contribution in [0.2, 0.25) is 0 Å². The fraction of sp³-hybridized carbons (Fsp3) is 0.176. The van der Waals surface area contributed by atoms with Crippen LogP contribution in [0.5, 0.6) is 0 Å². The zero-order chi connectivity index (χ0) is 16.5. The normalized spacial score (nSPS) is 12.8. The van der Waals surface area contributed by atoms with E-state index in [2.05, 4.69) is 26.7 Å². The van der Waals surface area contributed by atoms with Gasteiger partial charge in [0.2, 0.25) is 5.82 Å². The van der Waals surface area contributed by atoms with Crippen molar-refractivity contribution >= 4 is 17.4 Å². The lowest BCUT2D eigenvalue weighted by atomic mass is 10.1. The number of carbonyl (C=O) groups is 1. The number of tetrazole rings is 1. The number of hydrogen-bond acceptors (Lipinski definition) is 4. The number of hydrogen-bond donors (Lipinski definition) is 2. The van der Waals surface area contributed by atoms with Crippen LogP contribution in [0.3, 0.4) is 0 Å². The Morgan fingerprint density at radius 1 is 1.12 bits per heavy atom. The quantitative estimate of drug-likeness (QED) is 0.774. The van der Waals surface area contributed by atoms with Crippen LogP contribution in [-0.4, -0.2) is 26.7 Å². The van der Waals surface area contributed by atoms with Gasteiger partial charge in [0.1, 0.15) is 0 Å². The summed E-state index contributed by atoms with van der Waals surface area (Å²) in [5.41, 5.74) is 10.4. The molecule has 4 rings (SSSR count). The summed E-state index contributed by atoms with van der Waals surface area (Å²) in [4.78, 5) is 13.7. The Morgan fingerprint density at radius 3 is 2.75 bits per heavy atom. The zero-order valence-electron chi connectivity index (χ0n) is 12.9. The summed E-state index contributed by atoms with van der Waals surface area (Å²) in [6, 6.07) is 12.9. The molecular weight excluding hydrogens is 304 g/mol. The molecule has 0 saturated carbocycles. The van der Waals surface area contributed by atoms with Crippen LogP contribution in [0.1, 0.15) is 17.5 Å². The number of urea groups is 1. The van der Waals surface area contributed by atoms with Gasteiger partial charge in [-0.15, -0.1) is 10.2 Å². The van der Waals surface area contributed by atoms with E-state index < -0.39 is 6.03 Å². The first-order chi connectivity index (χ1) is 11.7. The van der Waals surface area contributed by atoms with Crippen molar-refractivity contribution in [2.75, 3.05) is 4.90 Å². The molecule has 24 heavy (non-hydrogen) atoms. The van der Waals surface area contributed by atoms with E-state index in [1.54, 1.807) is 0 Å². The molecule has 1 aromatic heterocycles. The monoisotopic (exact) mass is 320 g/mol. The molecule has 7 nitrogen and oxygen atoms in total. The van der Waals surface area contributed by atoms with Crippen LogP contribution in [0, 0.1) is 0 Å². The molecule has 1 aliphatic carbocycles. The first-order valence-corrected chi connectivity index (χ1v) is 7.78. The van der Waals surface area contributed by atoms with Crippen LogP contribution in [-0.2, 0) is 12.8 Å². The highest BCUT2D eigenvalue weighted by atomic mass is 16.2. The van der Waals surface area contributed by atoms with Crippen molar-refractivity contribution < 1.29 is 4.79 Å². The SMILES string of the molecule is NC(=O)N(c1ccc2c(c1)CCC2)c1ccccc1-c1nn[nH]n1. The fourth-order valence-corrected chi connectivity index (χ4v) is 3.22. The van der Waals surface area contributed by atoms with Gasteiger partial charge in [-0.3, -0.25) is 4.90 Å². The largest absolute Gasteiger partial charge is 0.351 e. The van der Waals surface area contributed by atoms with Gasteiger partial charge in [-0.25, -0.2) is 4.79 Å². The average molecular weight is 320 g/mol. The van der Waals surface area contributed by atoms with E-state index >= 15 is 0 Å². The first-order valence-electron chi connectivity index (χ1n) is 7.78. The smallest absolute Gasteiger partial charge is 0.323 e. The van der Waals surface area contributed by atoms with Crippen molar-refractivity contribution in [1.82, 2.24) is 20.6 Å². The molecule has 3 aromatic rings. The van der Waals surface area contributed by atoms with Gasteiger partial charge in [-0.2, -0.15) is 5.21 Å². The Bertz CT molecular complexity index is 890. The summed E-state index contributed by atoms with van der Waals surface area (Å²) in [6.07, 6.45) is 3.27. The number of nitrogens with one attached hydrogen (secondary N) is 1. The van der Waals surface area contributed by atoms with Gasteiger partial charge in [-0.05, 0) is 59.9 Å². The maximum absolute atomic E-state index is 12.2. The van der Waals surface area contributed by atoms with Crippen molar-refractivity contribution in [3.63, 3.8) is 0 Å². The fourth-order valence-electron chi connectivity index (χ4n) is 3.22. The number of nitrogens with zero attached hydrogens (tertiary/aromatic N) is 4. The van der Waals surface area contributed by atoms with Gasteiger partial charge in [0, 0.05) is 5.56 Å². The summed E-state index contributed by atoms with van der Waals surface area (Å²) in [5, 5.41) is 14.1. The minimum absolute atomic E-state index is 0.415. The third-order valence-corrected chi connectivity index (χ3v) is 4.29. The number of fused-ring (bicyclic) bond motifs is 1.